The monoisotopic (exact) mass is 551 g/mol. The van der Waals surface area contributed by atoms with E-state index in [0.29, 0.717) is 56.9 Å². The van der Waals surface area contributed by atoms with Gasteiger partial charge in [-0.2, -0.15) is 0 Å². The molecule has 0 spiro atoms. The lowest BCUT2D eigenvalue weighted by Gasteiger charge is -2.42. The van der Waals surface area contributed by atoms with Crippen LogP contribution in [0.5, 0.6) is 5.75 Å². The number of para-hydroxylation sites is 1. The maximum absolute atomic E-state index is 13.8. The molecular weight excluding hydrogens is 514 g/mol. The number of amides is 3. The number of ether oxygens (including phenoxy) is 3. The molecule has 1 aromatic carbocycles. The molecule has 0 aliphatic carbocycles. The van der Waals surface area contributed by atoms with Gasteiger partial charge in [0.1, 0.15) is 18.4 Å². The van der Waals surface area contributed by atoms with E-state index >= 15 is 0 Å². The summed E-state index contributed by atoms with van der Waals surface area (Å²) in [7, 11) is 1.47. The Bertz CT molecular complexity index is 1180. The minimum atomic E-state index is -0.713. The van der Waals surface area contributed by atoms with Gasteiger partial charge in [-0.25, -0.2) is 0 Å². The predicted molar refractivity (Wildman–Crippen MR) is 146 cm³/mol. The Morgan fingerprint density at radius 1 is 1.15 bits per heavy atom. The Labute approximate surface area is 234 Å². The van der Waals surface area contributed by atoms with Gasteiger partial charge in [-0.3, -0.25) is 24.3 Å². The summed E-state index contributed by atoms with van der Waals surface area (Å²) in [5.74, 6) is -0.212. The number of fused-ring (bicyclic) bond motifs is 4. The molecule has 3 aliphatic heterocycles. The summed E-state index contributed by atoms with van der Waals surface area (Å²) < 4.78 is 17.4. The van der Waals surface area contributed by atoms with Crippen molar-refractivity contribution in [3.8, 4) is 5.75 Å². The van der Waals surface area contributed by atoms with E-state index in [9.17, 15) is 14.4 Å². The summed E-state index contributed by atoms with van der Waals surface area (Å²) in [6.45, 7) is 2.57. The first kappa shape index (κ1) is 28.0. The molecule has 11 nitrogen and oxygen atoms in total. The van der Waals surface area contributed by atoms with Crippen molar-refractivity contribution in [2.45, 2.75) is 50.1 Å². The van der Waals surface area contributed by atoms with Crippen LogP contribution in [0, 0.1) is 0 Å². The molecule has 4 atom stereocenters. The molecule has 40 heavy (non-hydrogen) atoms. The van der Waals surface area contributed by atoms with Crippen molar-refractivity contribution < 1.29 is 28.6 Å². The number of carbonyl (C=O) groups is 3. The van der Waals surface area contributed by atoms with Gasteiger partial charge in [0.2, 0.25) is 11.8 Å². The van der Waals surface area contributed by atoms with E-state index in [-0.39, 0.29) is 43.0 Å². The number of methoxy groups -OCH3 is 1. The van der Waals surface area contributed by atoms with Crippen molar-refractivity contribution in [2.24, 2.45) is 0 Å². The van der Waals surface area contributed by atoms with Gasteiger partial charge in [-0.05, 0) is 36.6 Å². The molecule has 0 saturated carbocycles. The van der Waals surface area contributed by atoms with E-state index in [4.69, 9.17) is 14.2 Å². The standard InChI is InChI=1S/C29H37N5O6/c1-38-19-27(35)32-23-9-8-21-10-14-39-25-7-3-2-6-22(25)29(37)34-13-12-33(17-20-5-4-11-30-15-20)18-24(34)28(36)31-16-26(23)40-21/h2-7,11,15,21,23-24,26H,8-10,12-14,16-19H2,1H3,(H,31,36)(H,32,35)/t21-,23+,24-,26+/m0/s1. The SMILES string of the molecule is COCC(=O)N[C@@H]1CC[C@H]2CCOc3ccccc3C(=O)N3CCN(Cc4cccnc4)C[C@H]3C(=O)NC[C@H]1O2. The minimum Gasteiger partial charge on any atom is -0.493 e. The zero-order chi connectivity index (χ0) is 27.9. The first-order valence-corrected chi connectivity index (χ1v) is 13.9. The smallest absolute Gasteiger partial charge is 0.258 e. The first-order valence-electron chi connectivity index (χ1n) is 13.9. The number of hydrogen-bond acceptors (Lipinski definition) is 8. The second kappa shape index (κ2) is 13.2. The van der Waals surface area contributed by atoms with Crippen molar-refractivity contribution in [3.63, 3.8) is 0 Å². The third kappa shape index (κ3) is 6.78. The van der Waals surface area contributed by atoms with Crippen LogP contribution in [-0.4, -0.2) is 103 Å². The summed E-state index contributed by atoms with van der Waals surface area (Å²) in [5.41, 5.74) is 1.49. The minimum absolute atomic E-state index is 0.0435. The molecule has 5 rings (SSSR count). The Morgan fingerprint density at radius 2 is 2.02 bits per heavy atom. The molecule has 1 aromatic heterocycles. The summed E-state index contributed by atoms with van der Waals surface area (Å²) in [6, 6.07) is 10.1. The second-order valence-corrected chi connectivity index (χ2v) is 10.5. The molecule has 2 N–H and O–H groups in total. The highest BCUT2D eigenvalue weighted by molar-refractivity contribution is 6.00. The van der Waals surface area contributed by atoms with Crippen molar-refractivity contribution in [2.75, 3.05) is 46.5 Å². The van der Waals surface area contributed by atoms with E-state index in [2.05, 4.69) is 20.5 Å². The van der Waals surface area contributed by atoms with Gasteiger partial charge in [0.05, 0.1) is 30.4 Å². The Morgan fingerprint density at radius 3 is 2.85 bits per heavy atom. The Kier molecular flexibility index (Phi) is 9.25. The fourth-order valence-electron chi connectivity index (χ4n) is 5.65. The Balaban J connectivity index is 1.39. The molecule has 4 heterocycles. The maximum Gasteiger partial charge on any atom is 0.258 e. The van der Waals surface area contributed by atoms with Crippen LogP contribution in [-0.2, 0) is 25.6 Å². The number of rotatable bonds is 5. The van der Waals surface area contributed by atoms with Crippen molar-refractivity contribution in [3.05, 3.63) is 59.9 Å². The van der Waals surface area contributed by atoms with Gasteiger partial charge in [0.15, 0.2) is 0 Å². The van der Waals surface area contributed by atoms with Crippen LogP contribution < -0.4 is 15.4 Å². The van der Waals surface area contributed by atoms with Gasteiger partial charge in [-0.1, -0.05) is 18.2 Å². The lowest BCUT2D eigenvalue weighted by Crippen LogP contribution is -2.62. The van der Waals surface area contributed by atoms with E-state index in [0.717, 1.165) is 12.0 Å². The van der Waals surface area contributed by atoms with Gasteiger partial charge in [-0.15, -0.1) is 0 Å². The van der Waals surface area contributed by atoms with Crippen LogP contribution in [0.25, 0.3) is 0 Å². The highest BCUT2D eigenvalue weighted by Gasteiger charge is 2.38. The van der Waals surface area contributed by atoms with Gasteiger partial charge in [0.25, 0.3) is 5.91 Å². The largest absolute Gasteiger partial charge is 0.493 e. The van der Waals surface area contributed by atoms with Gasteiger partial charge in [0, 0.05) is 58.6 Å². The normalized spacial score (nSPS) is 26.0. The Hall–Kier alpha value is -3.54. The lowest BCUT2D eigenvalue weighted by atomic mass is 9.96. The molecule has 2 aromatic rings. The summed E-state index contributed by atoms with van der Waals surface area (Å²) >= 11 is 0. The topological polar surface area (TPSA) is 122 Å². The number of hydrogen-bond donors (Lipinski definition) is 2. The lowest BCUT2D eigenvalue weighted by molar-refractivity contribution is -0.132. The number of nitrogens with one attached hydrogen (secondary N) is 2. The average Bonchev–Trinajstić information content (AvgIpc) is 2.97. The van der Waals surface area contributed by atoms with Crippen LogP contribution in [0.15, 0.2) is 48.8 Å². The van der Waals surface area contributed by atoms with Crippen molar-refractivity contribution in [1.29, 1.82) is 0 Å². The van der Waals surface area contributed by atoms with Gasteiger partial charge < -0.3 is 29.7 Å². The van der Waals surface area contributed by atoms with Crippen LogP contribution in [0.1, 0.15) is 35.2 Å². The number of piperazine rings is 1. The second-order valence-electron chi connectivity index (χ2n) is 10.5. The van der Waals surface area contributed by atoms with Crippen LogP contribution in [0.3, 0.4) is 0 Å². The molecule has 3 amide bonds. The summed E-state index contributed by atoms with van der Waals surface area (Å²) in [5, 5.41) is 6.03. The summed E-state index contributed by atoms with van der Waals surface area (Å²) in [4.78, 5) is 47.8. The van der Waals surface area contributed by atoms with Crippen LogP contribution >= 0.6 is 0 Å². The van der Waals surface area contributed by atoms with E-state index < -0.39 is 12.1 Å². The quantitative estimate of drug-likeness (QED) is 0.564. The molecule has 2 bridgehead atoms. The molecule has 11 heteroatoms. The predicted octanol–water partition coefficient (Wildman–Crippen LogP) is 0.986. The molecular formula is C29H37N5O6. The fraction of sp³-hybridized carbons (Fsp3) is 0.517. The zero-order valence-corrected chi connectivity index (χ0v) is 22.8. The average molecular weight is 552 g/mol. The van der Waals surface area contributed by atoms with Gasteiger partial charge >= 0.3 is 0 Å². The zero-order valence-electron chi connectivity index (χ0n) is 22.8. The molecule has 214 valence electrons. The number of benzene rings is 1. The third-order valence-electron chi connectivity index (χ3n) is 7.69. The number of pyridine rings is 1. The van der Waals surface area contributed by atoms with E-state index in [1.54, 1.807) is 23.2 Å². The summed E-state index contributed by atoms with van der Waals surface area (Å²) in [6.07, 6.45) is 5.11. The fourth-order valence-corrected chi connectivity index (χ4v) is 5.65. The molecule has 0 radical (unpaired) electrons. The van der Waals surface area contributed by atoms with E-state index in [1.165, 1.54) is 7.11 Å². The maximum atomic E-state index is 13.8. The van der Waals surface area contributed by atoms with Crippen LogP contribution in [0.2, 0.25) is 0 Å². The molecule has 0 unspecified atom stereocenters. The van der Waals surface area contributed by atoms with Crippen LogP contribution in [0.4, 0.5) is 0 Å². The van der Waals surface area contributed by atoms with Crippen molar-refractivity contribution in [1.82, 2.24) is 25.4 Å². The molecule has 3 aliphatic rings. The number of aromatic nitrogens is 1. The van der Waals surface area contributed by atoms with E-state index in [1.807, 2.05) is 30.5 Å². The highest BCUT2D eigenvalue weighted by atomic mass is 16.5. The molecule has 2 saturated heterocycles. The molecule has 2 fully saturated rings. The van der Waals surface area contributed by atoms with Crippen molar-refractivity contribution >= 4 is 17.7 Å². The number of nitrogens with zero attached hydrogens (tertiary/aromatic N) is 3. The highest BCUT2D eigenvalue weighted by Crippen LogP contribution is 2.26. The third-order valence-corrected chi connectivity index (χ3v) is 7.69. The first-order chi connectivity index (χ1) is 19.5. The number of carbonyl (C=O) groups excluding carboxylic acids is 3.